The molecule has 0 aromatic carbocycles. The van der Waals surface area contributed by atoms with Gasteiger partial charge in [0.05, 0.1) is 23.7 Å². The lowest BCUT2D eigenvalue weighted by atomic mass is 10.0. The summed E-state index contributed by atoms with van der Waals surface area (Å²) in [7, 11) is 2.14. The predicted molar refractivity (Wildman–Crippen MR) is 82.0 cm³/mol. The molecule has 0 spiro atoms. The van der Waals surface area contributed by atoms with Crippen molar-refractivity contribution < 1.29 is 9.53 Å². The van der Waals surface area contributed by atoms with Gasteiger partial charge in [-0.15, -0.1) is 0 Å². The van der Waals surface area contributed by atoms with Gasteiger partial charge < -0.3 is 15.4 Å². The lowest BCUT2D eigenvalue weighted by Crippen LogP contribution is -2.37. The molecule has 2 N–H and O–H groups in total. The normalized spacial score (nSPS) is 19.7. The first-order chi connectivity index (χ1) is 9.99. The Morgan fingerprint density at radius 3 is 2.81 bits per heavy atom. The fraction of sp³-hybridized carbons (Fsp3) is 0.733. The van der Waals surface area contributed by atoms with Gasteiger partial charge in [-0.25, -0.2) is 0 Å². The number of nitrogen functional groups attached to an aromatic ring is 1. The first kappa shape index (κ1) is 15.8. The first-order valence-electron chi connectivity index (χ1n) is 7.64. The van der Waals surface area contributed by atoms with E-state index in [4.69, 9.17) is 10.5 Å². The maximum absolute atomic E-state index is 11.9. The number of nitrogens with two attached hydrogens (primary N) is 1. The maximum Gasteiger partial charge on any atom is 0.327 e. The number of aryl methyl sites for hydroxylation is 1. The zero-order valence-corrected chi connectivity index (χ0v) is 13.3. The van der Waals surface area contributed by atoms with Gasteiger partial charge in [0.1, 0.15) is 6.54 Å². The van der Waals surface area contributed by atoms with Crippen molar-refractivity contribution in [1.29, 1.82) is 0 Å². The van der Waals surface area contributed by atoms with Crippen LogP contribution in [0.2, 0.25) is 0 Å². The zero-order chi connectivity index (χ0) is 15.4. The Hall–Kier alpha value is -1.56. The summed E-state index contributed by atoms with van der Waals surface area (Å²) >= 11 is 0. The van der Waals surface area contributed by atoms with Gasteiger partial charge in [0, 0.05) is 6.04 Å². The van der Waals surface area contributed by atoms with Crippen LogP contribution in [0.25, 0.3) is 0 Å². The minimum atomic E-state index is -0.251. The van der Waals surface area contributed by atoms with E-state index in [1.54, 1.807) is 4.68 Å². The molecule has 2 rings (SSSR count). The van der Waals surface area contributed by atoms with Gasteiger partial charge in [0.2, 0.25) is 0 Å². The van der Waals surface area contributed by atoms with Crippen molar-refractivity contribution in [2.24, 2.45) is 0 Å². The van der Waals surface area contributed by atoms with E-state index in [-0.39, 0.29) is 12.5 Å². The molecule has 1 aromatic heterocycles. The highest BCUT2D eigenvalue weighted by atomic mass is 16.5. The van der Waals surface area contributed by atoms with Crippen molar-refractivity contribution in [2.45, 2.75) is 52.1 Å². The second kappa shape index (κ2) is 6.93. The summed E-state index contributed by atoms with van der Waals surface area (Å²) in [6.45, 7) is 5.44. The molecule has 2 heterocycles. The van der Waals surface area contributed by atoms with Crippen LogP contribution in [0.15, 0.2) is 0 Å². The third kappa shape index (κ3) is 3.97. The molecule has 0 aliphatic carbocycles. The smallest absolute Gasteiger partial charge is 0.327 e. The molecular formula is C15H26N4O2. The van der Waals surface area contributed by atoms with E-state index in [9.17, 15) is 4.79 Å². The molecule has 1 unspecified atom stereocenters. The molecule has 1 fully saturated rings. The van der Waals surface area contributed by atoms with E-state index >= 15 is 0 Å². The summed E-state index contributed by atoms with van der Waals surface area (Å²) in [5.41, 5.74) is 8.07. The van der Waals surface area contributed by atoms with Gasteiger partial charge in [0.15, 0.2) is 0 Å². The summed E-state index contributed by atoms with van der Waals surface area (Å²) in [5.74, 6) is -0.251. The minimum Gasteiger partial charge on any atom is -0.464 e. The average Bonchev–Trinajstić information content (AvgIpc) is 2.68. The van der Waals surface area contributed by atoms with E-state index in [1.807, 2.05) is 13.8 Å². The van der Waals surface area contributed by atoms with E-state index in [2.05, 4.69) is 17.0 Å². The second-order valence-corrected chi connectivity index (χ2v) is 5.88. The first-order valence-corrected chi connectivity index (χ1v) is 7.64. The van der Waals surface area contributed by atoms with E-state index in [0.29, 0.717) is 18.3 Å². The topological polar surface area (TPSA) is 73.4 Å². The number of anilines is 1. The summed E-state index contributed by atoms with van der Waals surface area (Å²) < 4.78 is 6.94. The van der Waals surface area contributed by atoms with Crippen LogP contribution in [0.5, 0.6) is 0 Å². The zero-order valence-electron chi connectivity index (χ0n) is 13.3. The fourth-order valence-corrected chi connectivity index (χ4v) is 2.85. The molecule has 1 aliphatic heterocycles. The van der Waals surface area contributed by atoms with Crippen molar-refractivity contribution >= 4 is 11.7 Å². The number of hydrogen-bond donors (Lipinski definition) is 1. The SMILES string of the molecule is Cc1nn(CC(=O)OCCC2CCCCN2C)c(C)c1N. The Labute approximate surface area is 126 Å². The number of esters is 1. The standard InChI is InChI=1S/C15H26N4O2/c1-11-15(16)12(2)19(17-11)10-14(20)21-9-7-13-6-4-5-8-18(13)3/h13H,4-10,16H2,1-3H3. The van der Waals surface area contributed by atoms with Crippen LogP contribution in [0, 0.1) is 13.8 Å². The van der Waals surface area contributed by atoms with Crippen LogP contribution >= 0.6 is 0 Å². The van der Waals surface area contributed by atoms with Gasteiger partial charge in [-0.2, -0.15) is 5.10 Å². The number of rotatable bonds is 5. The highest BCUT2D eigenvalue weighted by Gasteiger charge is 2.19. The number of aromatic nitrogens is 2. The van der Waals surface area contributed by atoms with Crippen LogP contribution in [0.3, 0.4) is 0 Å². The molecule has 1 aromatic rings. The summed E-state index contributed by atoms with van der Waals surface area (Å²) in [5, 5.41) is 4.24. The van der Waals surface area contributed by atoms with E-state index < -0.39 is 0 Å². The molecule has 0 bridgehead atoms. The highest BCUT2D eigenvalue weighted by molar-refractivity contribution is 5.69. The van der Waals surface area contributed by atoms with Crippen LogP contribution in [0.1, 0.15) is 37.1 Å². The Kier molecular flexibility index (Phi) is 5.22. The summed E-state index contributed by atoms with van der Waals surface area (Å²) in [6, 6.07) is 0.538. The number of carbonyl (C=O) groups is 1. The van der Waals surface area contributed by atoms with Crippen molar-refractivity contribution in [3.05, 3.63) is 11.4 Å². The van der Waals surface area contributed by atoms with Crippen LogP contribution in [-0.4, -0.2) is 46.9 Å². The highest BCUT2D eigenvalue weighted by Crippen LogP contribution is 2.18. The van der Waals surface area contributed by atoms with Crippen LogP contribution in [0.4, 0.5) is 5.69 Å². The Morgan fingerprint density at radius 2 is 2.19 bits per heavy atom. The Balaban J connectivity index is 1.76. The number of hydrogen-bond acceptors (Lipinski definition) is 5. The molecule has 1 saturated heterocycles. The van der Waals surface area contributed by atoms with Crippen LogP contribution in [-0.2, 0) is 16.1 Å². The number of nitrogens with zero attached hydrogens (tertiary/aromatic N) is 3. The van der Waals surface area contributed by atoms with Crippen molar-refractivity contribution in [3.8, 4) is 0 Å². The Bertz CT molecular complexity index is 498. The monoisotopic (exact) mass is 294 g/mol. The average molecular weight is 294 g/mol. The van der Waals surface area contributed by atoms with Gasteiger partial charge in [0.25, 0.3) is 0 Å². The molecule has 1 atom stereocenters. The Morgan fingerprint density at radius 1 is 1.43 bits per heavy atom. The predicted octanol–water partition coefficient (Wildman–Crippen LogP) is 1.50. The maximum atomic E-state index is 11.9. The second-order valence-electron chi connectivity index (χ2n) is 5.88. The lowest BCUT2D eigenvalue weighted by molar-refractivity contribution is -0.145. The molecule has 0 radical (unpaired) electrons. The largest absolute Gasteiger partial charge is 0.464 e. The third-order valence-corrected chi connectivity index (χ3v) is 4.35. The molecule has 0 saturated carbocycles. The molecule has 21 heavy (non-hydrogen) atoms. The molecule has 0 amide bonds. The molecule has 118 valence electrons. The van der Waals surface area contributed by atoms with Gasteiger partial charge in [-0.3, -0.25) is 9.48 Å². The van der Waals surface area contributed by atoms with Crippen LogP contribution < -0.4 is 5.73 Å². The number of ether oxygens (including phenoxy) is 1. The fourth-order valence-electron chi connectivity index (χ4n) is 2.85. The van der Waals surface area contributed by atoms with Crippen molar-refractivity contribution in [2.75, 3.05) is 25.9 Å². The van der Waals surface area contributed by atoms with Gasteiger partial charge >= 0.3 is 5.97 Å². The molecule has 6 heteroatoms. The van der Waals surface area contributed by atoms with Crippen molar-refractivity contribution in [1.82, 2.24) is 14.7 Å². The molecular weight excluding hydrogens is 268 g/mol. The van der Waals surface area contributed by atoms with E-state index in [0.717, 1.165) is 24.4 Å². The number of carbonyl (C=O) groups excluding carboxylic acids is 1. The van der Waals surface area contributed by atoms with Crippen molar-refractivity contribution in [3.63, 3.8) is 0 Å². The molecule has 1 aliphatic rings. The number of likely N-dealkylation sites (tertiary alicyclic amines) is 1. The van der Waals surface area contributed by atoms with Gasteiger partial charge in [-0.1, -0.05) is 6.42 Å². The van der Waals surface area contributed by atoms with Gasteiger partial charge in [-0.05, 0) is 46.7 Å². The summed E-state index contributed by atoms with van der Waals surface area (Å²) in [4.78, 5) is 14.2. The molecule has 6 nitrogen and oxygen atoms in total. The third-order valence-electron chi connectivity index (χ3n) is 4.35. The number of piperidine rings is 1. The minimum absolute atomic E-state index is 0.129. The van der Waals surface area contributed by atoms with E-state index in [1.165, 1.54) is 19.3 Å². The summed E-state index contributed by atoms with van der Waals surface area (Å²) in [6.07, 6.45) is 4.64. The lowest BCUT2D eigenvalue weighted by Gasteiger charge is -2.32. The quantitative estimate of drug-likeness (QED) is 0.833.